The number of nitrogens with zero attached hydrogens (tertiary/aromatic N) is 2. The van der Waals surface area contributed by atoms with Gasteiger partial charge in [-0.25, -0.2) is 14.8 Å². The van der Waals surface area contributed by atoms with E-state index in [1.807, 2.05) is 24.3 Å². The lowest BCUT2D eigenvalue weighted by Crippen LogP contribution is -2.36. The fourth-order valence-electron chi connectivity index (χ4n) is 2.48. The standard InChI is InChI=1S/C16H18N4OS/c21-16(19-12-5-1-2-6-12)20-13-8-10-18-15(11-13)22-14-7-3-4-9-17-14/h3-4,7-12H,1-2,5-6H2,(H2,18,19,20,21). The number of carbonyl (C=O) groups excluding carboxylic acids is 1. The summed E-state index contributed by atoms with van der Waals surface area (Å²) in [4.78, 5) is 20.5. The Labute approximate surface area is 133 Å². The van der Waals surface area contributed by atoms with Crippen LogP contribution in [0.5, 0.6) is 0 Å². The molecular formula is C16H18N4OS. The topological polar surface area (TPSA) is 66.9 Å². The van der Waals surface area contributed by atoms with E-state index in [1.54, 1.807) is 18.5 Å². The number of rotatable bonds is 4. The number of amides is 2. The summed E-state index contributed by atoms with van der Waals surface area (Å²) in [5, 5.41) is 7.56. The molecule has 0 saturated heterocycles. The van der Waals surface area contributed by atoms with Crippen molar-refractivity contribution in [2.75, 3.05) is 5.32 Å². The molecule has 0 unspecified atom stereocenters. The summed E-state index contributed by atoms with van der Waals surface area (Å²) in [7, 11) is 0. The Morgan fingerprint density at radius 1 is 1.09 bits per heavy atom. The molecule has 5 nitrogen and oxygen atoms in total. The fourth-order valence-corrected chi connectivity index (χ4v) is 3.25. The molecule has 2 aromatic rings. The zero-order valence-electron chi connectivity index (χ0n) is 12.2. The highest BCUT2D eigenvalue weighted by atomic mass is 32.2. The molecule has 0 bridgehead atoms. The largest absolute Gasteiger partial charge is 0.335 e. The van der Waals surface area contributed by atoms with Crippen LogP contribution in [0.15, 0.2) is 52.8 Å². The summed E-state index contributed by atoms with van der Waals surface area (Å²) in [5.74, 6) is 0. The average Bonchev–Trinajstić information content (AvgIpc) is 3.01. The molecule has 1 aliphatic carbocycles. The van der Waals surface area contributed by atoms with Gasteiger partial charge in [0.05, 0.1) is 0 Å². The molecule has 1 aliphatic rings. The van der Waals surface area contributed by atoms with Gasteiger partial charge >= 0.3 is 6.03 Å². The Bertz CT molecular complexity index is 629. The van der Waals surface area contributed by atoms with Crippen molar-refractivity contribution in [3.05, 3.63) is 42.7 Å². The smallest absolute Gasteiger partial charge is 0.319 e. The number of pyridine rings is 2. The third kappa shape index (κ3) is 4.21. The van der Waals surface area contributed by atoms with Crippen molar-refractivity contribution < 1.29 is 4.79 Å². The molecule has 2 heterocycles. The quantitative estimate of drug-likeness (QED) is 0.903. The summed E-state index contributed by atoms with van der Waals surface area (Å²) in [6, 6.07) is 9.55. The van der Waals surface area contributed by atoms with Crippen molar-refractivity contribution >= 4 is 23.5 Å². The van der Waals surface area contributed by atoms with Crippen LogP contribution in [0.2, 0.25) is 0 Å². The zero-order chi connectivity index (χ0) is 15.2. The van der Waals surface area contributed by atoms with E-state index in [4.69, 9.17) is 0 Å². The molecule has 0 spiro atoms. The lowest BCUT2D eigenvalue weighted by molar-refractivity contribution is 0.248. The number of urea groups is 1. The van der Waals surface area contributed by atoms with E-state index in [0.717, 1.165) is 28.6 Å². The lowest BCUT2D eigenvalue weighted by atomic mass is 10.2. The van der Waals surface area contributed by atoms with Crippen LogP contribution in [0.1, 0.15) is 25.7 Å². The second-order valence-electron chi connectivity index (χ2n) is 5.23. The van der Waals surface area contributed by atoms with Gasteiger partial charge in [0.25, 0.3) is 0 Å². The van der Waals surface area contributed by atoms with Crippen LogP contribution in [-0.4, -0.2) is 22.0 Å². The highest BCUT2D eigenvalue weighted by Gasteiger charge is 2.17. The van der Waals surface area contributed by atoms with E-state index in [-0.39, 0.29) is 6.03 Å². The predicted octanol–water partition coefficient (Wildman–Crippen LogP) is 3.69. The first-order valence-electron chi connectivity index (χ1n) is 7.42. The Kier molecular flexibility index (Phi) is 4.90. The van der Waals surface area contributed by atoms with Crippen molar-refractivity contribution in [3.8, 4) is 0 Å². The fraction of sp³-hybridized carbons (Fsp3) is 0.312. The Morgan fingerprint density at radius 2 is 1.91 bits per heavy atom. The van der Waals surface area contributed by atoms with Gasteiger partial charge in [-0.3, -0.25) is 0 Å². The molecule has 1 saturated carbocycles. The highest BCUT2D eigenvalue weighted by Crippen LogP contribution is 2.25. The van der Waals surface area contributed by atoms with Crippen LogP contribution in [0.4, 0.5) is 10.5 Å². The Hall–Kier alpha value is -2.08. The third-order valence-corrected chi connectivity index (χ3v) is 4.41. The molecule has 0 aliphatic heterocycles. The monoisotopic (exact) mass is 314 g/mol. The van der Waals surface area contributed by atoms with Gasteiger partial charge in [-0.15, -0.1) is 0 Å². The van der Waals surface area contributed by atoms with Gasteiger partial charge in [-0.1, -0.05) is 30.7 Å². The maximum atomic E-state index is 12.0. The molecule has 6 heteroatoms. The van der Waals surface area contributed by atoms with Crippen molar-refractivity contribution in [3.63, 3.8) is 0 Å². The minimum absolute atomic E-state index is 0.146. The molecule has 0 aromatic carbocycles. The van der Waals surface area contributed by atoms with Crippen LogP contribution >= 0.6 is 11.8 Å². The molecule has 2 amide bonds. The second-order valence-corrected chi connectivity index (χ2v) is 6.27. The number of hydrogen-bond donors (Lipinski definition) is 2. The van der Waals surface area contributed by atoms with Gasteiger partial charge in [0, 0.05) is 24.1 Å². The summed E-state index contributed by atoms with van der Waals surface area (Å²) < 4.78 is 0. The number of aromatic nitrogens is 2. The molecule has 2 aromatic heterocycles. The summed E-state index contributed by atoms with van der Waals surface area (Å²) >= 11 is 1.47. The van der Waals surface area contributed by atoms with Crippen molar-refractivity contribution in [2.24, 2.45) is 0 Å². The molecule has 22 heavy (non-hydrogen) atoms. The average molecular weight is 314 g/mol. The van der Waals surface area contributed by atoms with Gasteiger partial charge in [0.2, 0.25) is 0 Å². The number of carbonyl (C=O) groups is 1. The van der Waals surface area contributed by atoms with Crippen LogP contribution in [0.25, 0.3) is 0 Å². The zero-order valence-corrected chi connectivity index (χ0v) is 13.0. The molecule has 0 radical (unpaired) electrons. The number of hydrogen-bond acceptors (Lipinski definition) is 4. The van der Waals surface area contributed by atoms with E-state index in [9.17, 15) is 4.79 Å². The first-order chi connectivity index (χ1) is 10.8. The molecule has 1 fully saturated rings. The Morgan fingerprint density at radius 3 is 2.68 bits per heavy atom. The van der Waals surface area contributed by atoms with Gasteiger partial charge in [0.15, 0.2) is 0 Å². The number of anilines is 1. The predicted molar refractivity (Wildman–Crippen MR) is 87.0 cm³/mol. The molecule has 114 valence electrons. The van der Waals surface area contributed by atoms with E-state index in [0.29, 0.717) is 6.04 Å². The van der Waals surface area contributed by atoms with Crippen LogP contribution < -0.4 is 10.6 Å². The van der Waals surface area contributed by atoms with Gasteiger partial charge in [0.1, 0.15) is 10.1 Å². The maximum absolute atomic E-state index is 12.0. The first kappa shape index (κ1) is 14.8. The number of nitrogens with one attached hydrogen (secondary N) is 2. The lowest BCUT2D eigenvalue weighted by Gasteiger charge is -2.13. The van der Waals surface area contributed by atoms with Gasteiger partial charge in [-0.2, -0.15) is 0 Å². The van der Waals surface area contributed by atoms with E-state index in [1.165, 1.54) is 24.6 Å². The van der Waals surface area contributed by atoms with Crippen molar-refractivity contribution in [2.45, 2.75) is 41.8 Å². The summed E-state index contributed by atoms with van der Waals surface area (Å²) in [6.45, 7) is 0. The van der Waals surface area contributed by atoms with E-state index >= 15 is 0 Å². The molecule has 2 N–H and O–H groups in total. The van der Waals surface area contributed by atoms with Crippen LogP contribution in [-0.2, 0) is 0 Å². The van der Waals surface area contributed by atoms with Gasteiger partial charge < -0.3 is 10.6 Å². The van der Waals surface area contributed by atoms with Gasteiger partial charge in [-0.05, 0) is 37.1 Å². The molecule has 3 rings (SSSR count). The SMILES string of the molecule is O=C(Nc1ccnc(Sc2ccccn2)c1)NC1CCCC1. The highest BCUT2D eigenvalue weighted by molar-refractivity contribution is 7.99. The normalized spacial score (nSPS) is 14.7. The van der Waals surface area contributed by atoms with Crippen molar-refractivity contribution in [1.29, 1.82) is 0 Å². The minimum Gasteiger partial charge on any atom is -0.335 e. The first-order valence-corrected chi connectivity index (χ1v) is 8.24. The maximum Gasteiger partial charge on any atom is 0.319 e. The minimum atomic E-state index is -0.146. The van der Waals surface area contributed by atoms with Crippen molar-refractivity contribution in [1.82, 2.24) is 15.3 Å². The van der Waals surface area contributed by atoms with Crippen LogP contribution in [0, 0.1) is 0 Å². The molecule has 0 atom stereocenters. The van der Waals surface area contributed by atoms with Crippen LogP contribution in [0.3, 0.4) is 0 Å². The van der Waals surface area contributed by atoms with E-state index < -0.39 is 0 Å². The third-order valence-electron chi connectivity index (χ3n) is 3.53. The summed E-state index contributed by atoms with van der Waals surface area (Å²) in [6.07, 6.45) is 7.99. The second kappa shape index (κ2) is 7.26. The Balaban J connectivity index is 1.59. The van der Waals surface area contributed by atoms with E-state index in [2.05, 4.69) is 20.6 Å². The molecular weight excluding hydrogens is 296 g/mol. The summed E-state index contributed by atoms with van der Waals surface area (Å²) in [5.41, 5.74) is 0.740.